The van der Waals surface area contributed by atoms with Gasteiger partial charge in [0.2, 0.25) is 0 Å². The van der Waals surface area contributed by atoms with Crippen LogP contribution in [-0.4, -0.2) is 34.7 Å². The van der Waals surface area contributed by atoms with E-state index in [0.717, 1.165) is 12.0 Å². The van der Waals surface area contributed by atoms with Crippen molar-refractivity contribution in [3.05, 3.63) is 35.9 Å². The van der Waals surface area contributed by atoms with E-state index in [1.807, 2.05) is 37.3 Å². The molecule has 108 valence electrons. The van der Waals surface area contributed by atoms with Gasteiger partial charge in [-0.15, -0.1) is 0 Å². The van der Waals surface area contributed by atoms with Crippen LogP contribution in [0.2, 0.25) is 0 Å². The Morgan fingerprint density at radius 3 is 2.65 bits per heavy atom. The molecule has 2 rings (SSSR count). The summed E-state index contributed by atoms with van der Waals surface area (Å²) < 4.78 is 5.21. The van der Waals surface area contributed by atoms with Gasteiger partial charge in [0.1, 0.15) is 12.6 Å². The third-order valence-corrected chi connectivity index (χ3v) is 3.74. The number of carboxylic acid groups (broad SMARTS) is 1. The van der Waals surface area contributed by atoms with Crippen molar-refractivity contribution in [1.82, 2.24) is 4.90 Å². The van der Waals surface area contributed by atoms with Gasteiger partial charge in [-0.2, -0.15) is 0 Å². The normalized spacial score (nSPS) is 21.8. The summed E-state index contributed by atoms with van der Waals surface area (Å²) in [4.78, 5) is 24.7. The van der Waals surface area contributed by atoms with Gasteiger partial charge in [-0.05, 0) is 17.9 Å². The van der Waals surface area contributed by atoms with Gasteiger partial charge in [0.15, 0.2) is 0 Å². The molecule has 1 heterocycles. The molecule has 1 fully saturated rings. The van der Waals surface area contributed by atoms with E-state index in [1.165, 1.54) is 4.90 Å². The first-order valence-electron chi connectivity index (χ1n) is 6.83. The van der Waals surface area contributed by atoms with Crippen molar-refractivity contribution in [1.29, 1.82) is 0 Å². The molecule has 2 atom stereocenters. The van der Waals surface area contributed by atoms with Gasteiger partial charge >= 0.3 is 12.1 Å². The van der Waals surface area contributed by atoms with Gasteiger partial charge in [0.05, 0.1) is 0 Å². The number of likely N-dealkylation sites (tertiary alicyclic amines) is 1. The topological polar surface area (TPSA) is 66.8 Å². The molecule has 1 aromatic carbocycles. The van der Waals surface area contributed by atoms with Crippen LogP contribution in [-0.2, 0) is 16.1 Å². The number of benzene rings is 1. The van der Waals surface area contributed by atoms with Crippen molar-refractivity contribution in [2.45, 2.75) is 32.4 Å². The molecule has 1 saturated heterocycles. The van der Waals surface area contributed by atoms with E-state index in [1.54, 1.807) is 0 Å². The molecule has 1 aliphatic rings. The number of ether oxygens (including phenoxy) is 1. The Kier molecular flexibility index (Phi) is 4.61. The number of carboxylic acids is 1. The van der Waals surface area contributed by atoms with Gasteiger partial charge in [-0.25, -0.2) is 9.59 Å². The van der Waals surface area contributed by atoms with E-state index in [4.69, 9.17) is 4.74 Å². The Bertz CT molecular complexity index is 474. The van der Waals surface area contributed by atoms with Crippen LogP contribution >= 0.6 is 0 Å². The second-order valence-corrected chi connectivity index (χ2v) is 4.97. The fraction of sp³-hybridized carbons (Fsp3) is 0.467. The summed E-state index contributed by atoms with van der Waals surface area (Å²) in [5.41, 5.74) is 0.888. The Morgan fingerprint density at radius 2 is 2.05 bits per heavy atom. The fourth-order valence-electron chi connectivity index (χ4n) is 2.63. The van der Waals surface area contributed by atoms with E-state index in [-0.39, 0.29) is 12.5 Å². The first-order chi connectivity index (χ1) is 9.63. The first kappa shape index (κ1) is 14.4. The van der Waals surface area contributed by atoms with Crippen molar-refractivity contribution in [3.63, 3.8) is 0 Å². The predicted octanol–water partition coefficient (Wildman–Crippen LogP) is 2.51. The smallest absolute Gasteiger partial charge is 0.410 e. The molecule has 0 aromatic heterocycles. The van der Waals surface area contributed by atoms with Crippen molar-refractivity contribution in [2.75, 3.05) is 6.54 Å². The molecule has 1 amide bonds. The Labute approximate surface area is 118 Å². The minimum absolute atomic E-state index is 0.0109. The molecular weight excluding hydrogens is 258 g/mol. The lowest BCUT2D eigenvalue weighted by atomic mass is 9.98. The lowest BCUT2D eigenvalue weighted by Crippen LogP contribution is -2.43. The molecule has 0 radical (unpaired) electrons. The van der Waals surface area contributed by atoms with E-state index in [2.05, 4.69) is 0 Å². The van der Waals surface area contributed by atoms with Gasteiger partial charge in [0, 0.05) is 6.54 Å². The number of carbonyl (C=O) groups excluding carboxylic acids is 1. The van der Waals surface area contributed by atoms with Crippen LogP contribution in [0.1, 0.15) is 25.3 Å². The van der Waals surface area contributed by atoms with E-state index < -0.39 is 18.1 Å². The fourth-order valence-corrected chi connectivity index (χ4v) is 2.63. The zero-order chi connectivity index (χ0) is 14.5. The summed E-state index contributed by atoms with van der Waals surface area (Å²) in [7, 11) is 0. The van der Waals surface area contributed by atoms with Gasteiger partial charge in [0.25, 0.3) is 0 Å². The zero-order valence-electron chi connectivity index (χ0n) is 11.5. The van der Waals surface area contributed by atoms with Gasteiger partial charge in [-0.1, -0.05) is 43.7 Å². The van der Waals surface area contributed by atoms with Crippen molar-refractivity contribution < 1.29 is 19.4 Å². The maximum absolute atomic E-state index is 12.0. The highest BCUT2D eigenvalue weighted by Crippen LogP contribution is 2.28. The van der Waals surface area contributed by atoms with Crippen LogP contribution in [0.5, 0.6) is 0 Å². The standard InChI is InChI=1S/C15H19NO4/c1-2-12-8-9-16(13(12)14(17)18)15(19)20-10-11-6-4-3-5-7-11/h3-7,12-13H,2,8-10H2,1H3,(H,17,18)/t12-,13-/m0/s1. The molecular formula is C15H19NO4. The highest BCUT2D eigenvalue weighted by atomic mass is 16.6. The van der Waals surface area contributed by atoms with Crippen molar-refractivity contribution in [2.24, 2.45) is 5.92 Å². The quantitative estimate of drug-likeness (QED) is 0.918. The second kappa shape index (κ2) is 6.41. The highest BCUT2D eigenvalue weighted by molar-refractivity contribution is 5.81. The zero-order valence-corrected chi connectivity index (χ0v) is 11.5. The molecule has 0 spiro atoms. The minimum atomic E-state index is -0.953. The molecule has 0 saturated carbocycles. The summed E-state index contributed by atoms with van der Waals surface area (Å²) in [6.07, 6.45) is 0.921. The van der Waals surface area contributed by atoms with E-state index in [9.17, 15) is 14.7 Å². The average Bonchev–Trinajstić information content (AvgIpc) is 2.90. The third-order valence-electron chi connectivity index (χ3n) is 3.74. The maximum Gasteiger partial charge on any atom is 0.410 e. The summed E-state index contributed by atoms with van der Waals surface area (Å²) in [5, 5.41) is 9.27. The monoisotopic (exact) mass is 277 g/mol. The summed E-state index contributed by atoms with van der Waals surface area (Å²) in [6, 6.07) is 8.58. The second-order valence-electron chi connectivity index (χ2n) is 4.97. The lowest BCUT2D eigenvalue weighted by molar-refractivity contribution is -0.143. The third kappa shape index (κ3) is 3.10. The van der Waals surface area contributed by atoms with Crippen LogP contribution in [0.3, 0.4) is 0 Å². The molecule has 0 unspecified atom stereocenters. The number of nitrogens with zero attached hydrogens (tertiary/aromatic N) is 1. The molecule has 1 aliphatic heterocycles. The largest absolute Gasteiger partial charge is 0.480 e. The van der Waals surface area contributed by atoms with E-state index >= 15 is 0 Å². The van der Waals surface area contributed by atoms with Crippen LogP contribution in [0.25, 0.3) is 0 Å². The van der Waals surface area contributed by atoms with Crippen LogP contribution in [0.15, 0.2) is 30.3 Å². The number of rotatable bonds is 4. The summed E-state index contributed by atoms with van der Waals surface area (Å²) in [5.74, 6) is -0.942. The molecule has 20 heavy (non-hydrogen) atoms. The summed E-state index contributed by atoms with van der Waals surface area (Å²) in [6.45, 7) is 2.56. The first-order valence-corrected chi connectivity index (χ1v) is 6.83. The number of carbonyl (C=O) groups is 2. The van der Waals surface area contributed by atoms with Crippen molar-refractivity contribution >= 4 is 12.1 Å². The Morgan fingerprint density at radius 1 is 1.35 bits per heavy atom. The van der Waals surface area contributed by atoms with Crippen molar-refractivity contribution in [3.8, 4) is 0 Å². The Balaban J connectivity index is 1.96. The average molecular weight is 277 g/mol. The number of hydrogen-bond acceptors (Lipinski definition) is 3. The van der Waals surface area contributed by atoms with Gasteiger partial charge < -0.3 is 9.84 Å². The highest BCUT2D eigenvalue weighted by Gasteiger charge is 2.41. The number of hydrogen-bond donors (Lipinski definition) is 1. The molecule has 1 N–H and O–H groups in total. The molecule has 0 bridgehead atoms. The Hall–Kier alpha value is -2.04. The lowest BCUT2D eigenvalue weighted by Gasteiger charge is -2.23. The molecule has 5 nitrogen and oxygen atoms in total. The molecule has 5 heteroatoms. The molecule has 0 aliphatic carbocycles. The molecule has 1 aromatic rings. The predicted molar refractivity (Wildman–Crippen MR) is 73.2 cm³/mol. The summed E-state index contributed by atoms with van der Waals surface area (Å²) >= 11 is 0. The maximum atomic E-state index is 12.0. The van der Waals surface area contributed by atoms with E-state index in [0.29, 0.717) is 13.0 Å². The SMILES string of the molecule is CC[C@H]1CCN(C(=O)OCc2ccccc2)[C@@H]1C(=O)O. The van der Waals surface area contributed by atoms with Crippen LogP contribution in [0, 0.1) is 5.92 Å². The number of amides is 1. The van der Waals surface area contributed by atoms with Crippen LogP contribution < -0.4 is 0 Å². The minimum Gasteiger partial charge on any atom is -0.480 e. The van der Waals surface area contributed by atoms with Gasteiger partial charge in [-0.3, -0.25) is 4.90 Å². The number of aliphatic carboxylic acids is 1. The van der Waals surface area contributed by atoms with Crippen LogP contribution in [0.4, 0.5) is 4.79 Å².